The normalized spacial score (nSPS) is 10.2. The Kier molecular flexibility index (Phi) is 7.29. The molecule has 1 heterocycles. The van der Waals surface area contributed by atoms with Crippen LogP contribution in [0.15, 0.2) is 66.0 Å². The number of rotatable bonds is 8. The van der Waals surface area contributed by atoms with Gasteiger partial charge in [0.05, 0.1) is 10.4 Å². The standard InChI is InChI=1S/C23H19NO6S/c1-15-4-6-17(7-5-15)23(28)30-18-10-8-16(9-11-18)19(25)14-29-21(26)13-24-22(27)20-3-2-12-31-20/h2-12H,13-14H2,1H3,(H,24,27). The summed E-state index contributed by atoms with van der Waals surface area (Å²) in [6, 6.07) is 16.3. The smallest absolute Gasteiger partial charge is 0.343 e. The molecule has 0 fully saturated rings. The molecule has 0 atom stereocenters. The predicted octanol–water partition coefficient (Wildman–Crippen LogP) is 3.43. The fraction of sp³-hybridized carbons (Fsp3) is 0.130. The van der Waals surface area contributed by atoms with Crippen molar-refractivity contribution in [2.45, 2.75) is 6.92 Å². The van der Waals surface area contributed by atoms with E-state index in [9.17, 15) is 19.2 Å². The van der Waals surface area contributed by atoms with Gasteiger partial charge >= 0.3 is 11.9 Å². The molecule has 0 saturated carbocycles. The molecule has 0 aliphatic carbocycles. The van der Waals surface area contributed by atoms with Crippen molar-refractivity contribution in [3.05, 3.63) is 87.6 Å². The maximum atomic E-state index is 12.2. The number of hydrogen-bond acceptors (Lipinski definition) is 7. The van der Waals surface area contributed by atoms with Gasteiger partial charge in [0, 0.05) is 5.56 Å². The Labute approximate surface area is 182 Å². The summed E-state index contributed by atoms with van der Waals surface area (Å²) in [5.74, 6) is -1.74. The number of ether oxygens (including phenoxy) is 2. The fourth-order valence-corrected chi connectivity index (χ4v) is 3.13. The molecule has 3 rings (SSSR count). The monoisotopic (exact) mass is 437 g/mol. The van der Waals surface area contributed by atoms with Crippen LogP contribution >= 0.6 is 11.3 Å². The molecule has 0 saturated heterocycles. The lowest BCUT2D eigenvalue weighted by Gasteiger charge is -2.07. The van der Waals surface area contributed by atoms with Crippen LogP contribution in [0.3, 0.4) is 0 Å². The summed E-state index contributed by atoms with van der Waals surface area (Å²) < 4.78 is 10.2. The third-order valence-corrected chi connectivity index (χ3v) is 5.05. The lowest BCUT2D eigenvalue weighted by Crippen LogP contribution is -2.31. The second-order valence-electron chi connectivity index (χ2n) is 6.52. The van der Waals surface area contributed by atoms with E-state index in [1.54, 1.807) is 29.6 Å². The molecule has 0 bridgehead atoms. The number of aryl methyl sites for hydroxylation is 1. The number of ketones is 1. The zero-order chi connectivity index (χ0) is 22.2. The average Bonchev–Trinajstić information content (AvgIpc) is 3.32. The van der Waals surface area contributed by atoms with E-state index < -0.39 is 24.3 Å². The summed E-state index contributed by atoms with van der Waals surface area (Å²) in [5.41, 5.74) is 1.75. The van der Waals surface area contributed by atoms with Crippen LogP contribution in [0.25, 0.3) is 0 Å². The minimum atomic E-state index is -0.720. The third kappa shape index (κ3) is 6.35. The number of nitrogens with one attached hydrogen (secondary N) is 1. The van der Waals surface area contributed by atoms with E-state index in [0.717, 1.165) is 5.56 Å². The molecule has 0 spiro atoms. The molecular formula is C23H19NO6S. The lowest BCUT2D eigenvalue weighted by atomic mass is 10.1. The summed E-state index contributed by atoms with van der Waals surface area (Å²) in [6.45, 7) is 1.12. The van der Waals surface area contributed by atoms with E-state index in [2.05, 4.69) is 5.32 Å². The van der Waals surface area contributed by atoms with E-state index >= 15 is 0 Å². The van der Waals surface area contributed by atoms with Gasteiger partial charge in [0.1, 0.15) is 12.3 Å². The first-order chi connectivity index (χ1) is 14.9. The van der Waals surface area contributed by atoms with Crippen molar-refractivity contribution in [2.24, 2.45) is 0 Å². The summed E-state index contributed by atoms with van der Waals surface area (Å²) in [7, 11) is 0. The van der Waals surface area contributed by atoms with E-state index in [-0.39, 0.29) is 18.2 Å². The first-order valence-electron chi connectivity index (χ1n) is 9.32. The van der Waals surface area contributed by atoms with Crippen molar-refractivity contribution < 1.29 is 28.7 Å². The second-order valence-corrected chi connectivity index (χ2v) is 7.47. The number of amides is 1. The molecule has 2 aromatic carbocycles. The minimum Gasteiger partial charge on any atom is -0.456 e. The van der Waals surface area contributed by atoms with Gasteiger partial charge in [0.15, 0.2) is 12.4 Å². The highest BCUT2D eigenvalue weighted by Gasteiger charge is 2.13. The van der Waals surface area contributed by atoms with Crippen molar-refractivity contribution in [1.82, 2.24) is 5.32 Å². The molecule has 0 radical (unpaired) electrons. The third-order valence-electron chi connectivity index (χ3n) is 4.18. The van der Waals surface area contributed by atoms with Crippen LogP contribution in [0.5, 0.6) is 5.75 Å². The Hall–Kier alpha value is -3.78. The zero-order valence-corrected chi connectivity index (χ0v) is 17.4. The van der Waals surface area contributed by atoms with E-state index in [1.165, 1.54) is 35.6 Å². The van der Waals surface area contributed by atoms with Crippen LogP contribution in [-0.2, 0) is 9.53 Å². The van der Waals surface area contributed by atoms with Crippen LogP contribution < -0.4 is 10.1 Å². The largest absolute Gasteiger partial charge is 0.456 e. The topological polar surface area (TPSA) is 98.8 Å². The Bertz CT molecular complexity index is 1070. The van der Waals surface area contributed by atoms with Crippen LogP contribution in [0.4, 0.5) is 0 Å². The molecule has 3 aromatic rings. The summed E-state index contributed by atoms with van der Waals surface area (Å²) in [6.07, 6.45) is 0. The number of carbonyl (C=O) groups is 4. The molecular weight excluding hydrogens is 418 g/mol. The minimum absolute atomic E-state index is 0.287. The van der Waals surface area contributed by atoms with Crippen LogP contribution in [0.1, 0.15) is 36.0 Å². The van der Waals surface area contributed by atoms with E-state index in [0.29, 0.717) is 16.0 Å². The molecule has 1 N–H and O–H groups in total. The van der Waals surface area contributed by atoms with Gasteiger partial charge in [-0.1, -0.05) is 23.8 Å². The number of esters is 2. The maximum Gasteiger partial charge on any atom is 0.343 e. The fourth-order valence-electron chi connectivity index (χ4n) is 2.49. The summed E-state index contributed by atoms with van der Waals surface area (Å²) >= 11 is 1.25. The predicted molar refractivity (Wildman–Crippen MR) is 115 cm³/mol. The lowest BCUT2D eigenvalue weighted by molar-refractivity contribution is -0.141. The van der Waals surface area contributed by atoms with Crippen LogP contribution in [-0.4, -0.2) is 36.8 Å². The molecule has 0 aliphatic rings. The Morgan fingerprint density at radius 3 is 2.23 bits per heavy atom. The van der Waals surface area contributed by atoms with Crippen molar-refractivity contribution in [3.8, 4) is 5.75 Å². The van der Waals surface area contributed by atoms with Crippen molar-refractivity contribution in [2.75, 3.05) is 13.2 Å². The second kappa shape index (κ2) is 10.3. The number of Topliss-reactive ketones (excluding diaryl/α,β-unsaturated/α-hetero) is 1. The molecule has 31 heavy (non-hydrogen) atoms. The number of thiophene rings is 1. The molecule has 1 aromatic heterocycles. The highest BCUT2D eigenvalue weighted by atomic mass is 32.1. The average molecular weight is 437 g/mol. The maximum absolute atomic E-state index is 12.2. The molecule has 0 aliphatic heterocycles. The van der Waals surface area contributed by atoms with Crippen molar-refractivity contribution >= 4 is 35.0 Å². The Balaban J connectivity index is 1.45. The Morgan fingerprint density at radius 2 is 1.58 bits per heavy atom. The molecule has 7 nitrogen and oxygen atoms in total. The van der Waals surface area contributed by atoms with Gasteiger partial charge in [0.2, 0.25) is 0 Å². The van der Waals surface area contributed by atoms with Gasteiger partial charge in [-0.25, -0.2) is 4.79 Å². The number of carbonyl (C=O) groups excluding carboxylic acids is 4. The van der Waals surface area contributed by atoms with Gasteiger partial charge < -0.3 is 14.8 Å². The van der Waals surface area contributed by atoms with Gasteiger partial charge in [-0.15, -0.1) is 11.3 Å². The molecule has 8 heteroatoms. The SMILES string of the molecule is Cc1ccc(C(=O)Oc2ccc(C(=O)COC(=O)CNC(=O)c3cccs3)cc2)cc1. The van der Waals surface area contributed by atoms with Crippen LogP contribution in [0, 0.1) is 6.92 Å². The Morgan fingerprint density at radius 1 is 0.903 bits per heavy atom. The molecule has 0 unspecified atom stereocenters. The van der Waals surface area contributed by atoms with Gasteiger partial charge in [0.25, 0.3) is 5.91 Å². The van der Waals surface area contributed by atoms with Crippen molar-refractivity contribution in [1.29, 1.82) is 0 Å². The first kappa shape index (κ1) is 21.9. The number of benzene rings is 2. The highest BCUT2D eigenvalue weighted by Crippen LogP contribution is 2.15. The summed E-state index contributed by atoms with van der Waals surface area (Å²) in [4.78, 5) is 48.3. The van der Waals surface area contributed by atoms with E-state index in [1.807, 2.05) is 19.1 Å². The van der Waals surface area contributed by atoms with Gasteiger partial charge in [-0.05, 0) is 54.8 Å². The van der Waals surface area contributed by atoms with Gasteiger partial charge in [-0.2, -0.15) is 0 Å². The number of hydrogen-bond donors (Lipinski definition) is 1. The van der Waals surface area contributed by atoms with Gasteiger partial charge in [-0.3, -0.25) is 14.4 Å². The van der Waals surface area contributed by atoms with E-state index in [4.69, 9.17) is 9.47 Å². The van der Waals surface area contributed by atoms with Crippen molar-refractivity contribution in [3.63, 3.8) is 0 Å². The van der Waals surface area contributed by atoms with Crippen LogP contribution in [0.2, 0.25) is 0 Å². The zero-order valence-electron chi connectivity index (χ0n) is 16.6. The highest BCUT2D eigenvalue weighted by molar-refractivity contribution is 7.12. The molecule has 158 valence electrons. The molecule has 1 amide bonds. The summed E-state index contributed by atoms with van der Waals surface area (Å²) in [5, 5.41) is 4.18. The first-order valence-corrected chi connectivity index (χ1v) is 10.2. The quantitative estimate of drug-likeness (QED) is 0.329.